The summed E-state index contributed by atoms with van der Waals surface area (Å²) in [5.74, 6) is -0.399. The number of piperidine rings is 1. The summed E-state index contributed by atoms with van der Waals surface area (Å²) >= 11 is 0. The van der Waals surface area contributed by atoms with Crippen LogP contribution < -0.4 is 5.32 Å². The molecule has 7 heteroatoms. The molecule has 0 unspecified atom stereocenters. The molecule has 0 radical (unpaired) electrons. The maximum absolute atomic E-state index is 12.3. The van der Waals surface area contributed by atoms with Crippen LogP contribution in [0.1, 0.15) is 30.1 Å². The predicted octanol–water partition coefficient (Wildman–Crippen LogP) is 2.52. The summed E-state index contributed by atoms with van der Waals surface area (Å²) in [6.45, 7) is 5.18. The van der Waals surface area contributed by atoms with Crippen molar-refractivity contribution in [2.75, 3.05) is 45.3 Å². The van der Waals surface area contributed by atoms with Gasteiger partial charge in [0.25, 0.3) is 0 Å². The Balaban J connectivity index is 1.74. The third kappa shape index (κ3) is 6.03. The number of nitrogens with zero attached hydrogens (tertiary/aromatic N) is 1. The topological polar surface area (TPSA) is 77.1 Å². The zero-order chi connectivity index (χ0) is 18.1. The highest BCUT2D eigenvalue weighted by Crippen LogP contribution is 2.16. The number of rotatable bonds is 7. The third-order valence-electron chi connectivity index (χ3n) is 4.07. The van der Waals surface area contributed by atoms with Crippen molar-refractivity contribution in [1.29, 1.82) is 0 Å². The summed E-state index contributed by atoms with van der Waals surface area (Å²) in [5.41, 5.74) is 1.10. The predicted molar refractivity (Wildman–Crippen MR) is 93.8 cm³/mol. The lowest BCUT2D eigenvalue weighted by molar-refractivity contribution is -0.0152. The van der Waals surface area contributed by atoms with Crippen molar-refractivity contribution in [2.45, 2.75) is 25.9 Å². The van der Waals surface area contributed by atoms with Crippen molar-refractivity contribution in [3.8, 4) is 0 Å². The number of likely N-dealkylation sites (tertiary alicyclic amines) is 1. The number of hydrogen-bond acceptors (Lipinski definition) is 5. The summed E-state index contributed by atoms with van der Waals surface area (Å²) < 4.78 is 15.7. The van der Waals surface area contributed by atoms with Crippen LogP contribution >= 0.6 is 0 Å². The van der Waals surface area contributed by atoms with Gasteiger partial charge in [0.15, 0.2) is 0 Å². The van der Waals surface area contributed by atoms with Gasteiger partial charge in [-0.25, -0.2) is 9.59 Å². The minimum absolute atomic E-state index is 0.140. The van der Waals surface area contributed by atoms with E-state index in [-0.39, 0.29) is 12.1 Å². The maximum Gasteiger partial charge on any atom is 0.337 e. The van der Waals surface area contributed by atoms with E-state index < -0.39 is 5.97 Å². The van der Waals surface area contributed by atoms with Crippen LogP contribution in [0, 0.1) is 0 Å². The highest BCUT2D eigenvalue weighted by molar-refractivity contribution is 5.92. The van der Waals surface area contributed by atoms with E-state index in [0.717, 1.165) is 12.8 Å². The van der Waals surface area contributed by atoms with Crippen LogP contribution in [0.25, 0.3) is 0 Å². The van der Waals surface area contributed by atoms with Gasteiger partial charge in [-0.1, -0.05) is 0 Å². The molecule has 0 saturated carbocycles. The Bertz CT molecular complexity index is 553. The highest BCUT2D eigenvalue weighted by atomic mass is 16.5. The summed E-state index contributed by atoms with van der Waals surface area (Å²) in [4.78, 5) is 25.5. The molecule has 0 bridgehead atoms. The number of anilines is 1. The van der Waals surface area contributed by atoms with Crippen molar-refractivity contribution in [3.63, 3.8) is 0 Å². The van der Waals surface area contributed by atoms with Crippen LogP contribution in [0.3, 0.4) is 0 Å². The number of carbonyl (C=O) groups is 2. The molecule has 1 heterocycles. The number of nitrogens with one attached hydrogen (secondary N) is 1. The molecule has 2 rings (SSSR count). The van der Waals surface area contributed by atoms with E-state index in [1.165, 1.54) is 7.11 Å². The fourth-order valence-electron chi connectivity index (χ4n) is 2.65. The second kappa shape index (κ2) is 10.0. The third-order valence-corrected chi connectivity index (χ3v) is 4.07. The van der Waals surface area contributed by atoms with Crippen molar-refractivity contribution >= 4 is 17.7 Å². The zero-order valence-electron chi connectivity index (χ0n) is 14.8. The van der Waals surface area contributed by atoms with E-state index >= 15 is 0 Å². The van der Waals surface area contributed by atoms with E-state index in [9.17, 15) is 9.59 Å². The number of urea groups is 1. The first-order chi connectivity index (χ1) is 12.1. The number of carbonyl (C=O) groups excluding carboxylic acids is 2. The zero-order valence-corrected chi connectivity index (χ0v) is 14.8. The number of amides is 2. The second-order valence-corrected chi connectivity index (χ2v) is 5.75. The average Bonchev–Trinajstić information content (AvgIpc) is 2.65. The molecule has 2 amide bonds. The largest absolute Gasteiger partial charge is 0.465 e. The van der Waals surface area contributed by atoms with Crippen LogP contribution in [0.4, 0.5) is 10.5 Å². The maximum atomic E-state index is 12.3. The highest BCUT2D eigenvalue weighted by Gasteiger charge is 2.23. The first kappa shape index (κ1) is 19.2. The number of benzene rings is 1. The van der Waals surface area contributed by atoms with Crippen molar-refractivity contribution < 1.29 is 23.8 Å². The second-order valence-electron chi connectivity index (χ2n) is 5.75. The van der Waals surface area contributed by atoms with Gasteiger partial charge in [0.05, 0.1) is 32.0 Å². The van der Waals surface area contributed by atoms with Crippen LogP contribution in [0.2, 0.25) is 0 Å². The molecule has 0 atom stereocenters. The van der Waals surface area contributed by atoms with Crippen molar-refractivity contribution in [3.05, 3.63) is 29.8 Å². The van der Waals surface area contributed by atoms with E-state index in [1.54, 1.807) is 29.2 Å². The lowest BCUT2D eigenvalue weighted by Gasteiger charge is -2.32. The van der Waals surface area contributed by atoms with Gasteiger partial charge >= 0.3 is 12.0 Å². The SMILES string of the molecule is CCOCCOC1CCN(C(=O)Nc2ccc(C(=O)OC)cc2)CC1. The van der Waals surface area contributed by atoms with Gasteiger partial charge in [-0.2, -0.15) is 0 Å². The van der Waals surface area contributed by atoms with Crippen molar-refractivity contribution in [2.24, 2.45) is 0 Å². The fraction of sp³-hybridized carbons (Fsp3) is 0.556. The summed E-state index contributed by atoms with van der Waals surface area (Å²) in [7, 11) is 1.34. The monoisotopic (exact) mass is 350 g/mol. The summed E-state index contributed by atoms with van der Waals surface area (Å²) in [5, 5.41) is 2.84. The molecule has 138 valence electrons. The van der Waals surface area contributed by atoms with Gasteiger partial charge in [-0.05, 0) is 44.0 Å². The Kier molecular flexibility index (Phi) is 7.69. The van der Waals surface area contributed by atoms with Gasteiger partial charge in [-0.3, -0.25) is 0 Å². The van der Waals surface area contributed by atoms with E-state index in [4.69, 9.17) is 9.47 Å². The molecule has 1 fully saturated rings. The Morgan fingerprint density at radius 1 is 1.16 bits per heavy atom. The van der Waals surface area contributed by atoms with Crippen LogP contribution in [-0.4, -0.2) is 63.0 Å². The normalized spacial score (nSPS) is 15.0. The van der Waals surface area contributed by atoms with Gasteiger partial charge in [0.2, 0.25) is 0 Å². The quantitative estimate of drug-likeness (QED) is 0.604. The lowest BCUT2D eigenvalue weighted by atomic mass is 10.1. The first-order valence-corrected chi connectivity index (χ1v) is 8.57. The molecule has 0 aliphatic carbocycles. The lowest BCUT2D eigenvalue weighted by Crippen LogP contribution is -2.43. The van der Waals surface area contributed by atoms with Crippen molar-refractivity contribution in [1.82, 2.24) is 4.90 Å². The summed E-state index contributed by atoms with van der Waals surface area (Å²) in [6, 6.07) is 6.49. The smallest absolute Gasteiger partial charge is 0.337 e. The standard InChI is InChI=1S/C18H26N2O5/c1-3-24-12-13-25-16-8-10-20(11-9-16)18(22)19-15-6-4-14(5-7-15)17(21)23-2/h4-7,16H,3,8-13H2,1-2H3,(H,19,22). The Morgan fingerprint density at radius 2 is 1.84 bits per heavy atom. The molecule has 25 heavy (non-hydrogen) atoms. The fourth-order valence-corrected chi connectivity index (χ4v) is 2.65. The molecule has 0 aromatic heterocycles. The molecular formula is C18H26N2O5. The number of ether oxygens (including phenoxy) is 3. The molecule has 1 aliphatic heterocycles. The molecule has 1 aliphatic rings. The van der Waals surface area contributed by atoms with Gasteiger partial charge in [0, 0.05) is 25.4 Å². The minimum Gasteiger partial charge on any atom is -0.465 e. The molecule has 1 aromatic carbocycles. The molecule has 1 N–H and O–H groups in total. The molecule has 1 aromatic rings. The van der Waals surface area contributed by atoms with E-state index in [2.05, 4.69) is 10.1 Å². The van der Waals surface area contributed by atoms with Crippen LogP contribution in [0.5, 0.6) is 0 Å². The van der Waals surface area contributed by atoms with Crippen LogP contribution in [-0.2, 0) is 14.2 Å². The first-order valence-electron chi connectivity index (χ1n) is 8.57. The summed E-state index contributed by atoms with van der Waals surface area (Å²) in [6.07, 6.45) is 1.82. The van der Waals surface area contributed by atoms with Gasteiger partial charge in [0.1, 0.15) is 0 Å². The van der Waals surface area contributed by atoms with Crippen LogP contribution in [0.15, 0.2) is 24.3 Å². The molecule has 1 saturated heterocycles. The van der Waals surface area contributed by atoms with Gasteiger partial charge in [-0.15, -0.1) is 0 Å². The molecule has 7 nitrogen and oxygen atoms in total. The van der Waals surface area contributed by atoms with Gasteiger partial charge < -0.3 is 24.4 Å². The number of methoxy groups -OCH3 is 1. The molecule has 0 spiro atoms. The number of esters is 1. The Labute approximate surface area is 148 Å². The molecular weight excluding hydrogens is 324 g/mol. The Hall–Kier alpha value is -2.12. The number of hydrogen-bond donors (Lipinski definition) is 1. The van der Waals surface area contributed by atoms with E-state index in [1.807, 2.05) is 6.92 Å². The minimum atomic E-state index is -0.399. The Morgan fingerprint density at radius 3 is 2.44 bits per heavy atom. The van der Waals surface area contributed by atoms with E-state index in [0.29, 0.717) is 44.2 Å². The average molecular weight is 350 g/mol.